The van der Waals surface area contributed by atoms with Crippen LogP contribution in [-0.4, -0.2) is 51.4 Å². The highest BCUT2D eigenvalue weighted by Gasteiger charge is 2.57. The molecule has 2 heterocycles. The van der Waals surface area contributed by atoms with E-state index in [-0.39, 0.29) is 11.6 Å². The first-order valence-electron chi connectivity index (χ1n) is 7.34. The number of aliphatic hydroxyl groups excluding tert-OH is 1. The third kappa shape index (κ3) is 2.38. The van der Waals surface area contributed by atoms with Gasteiger partial charge in [0.05, 0.1) is 12.0 Å². The summed E-state index contributed by atoms with van der Waals surface area (Å²) >= 11 is 1.23. The molecular weight excluding hydrogens is 332 g/mol. The van der Waals surface area contributed by atoms with Crippen molar-refractivity contribution in [3.8, 4) is 0 Å². The van der Waals surface area contributed by atoms with Crippen molar-refractivity contribution in [1.82, 2.24) is 10.2 Å². The Balaban J connectivity index is 2.03. The summed E-state index contributed by atoms with van der Waals surface area (Å²) in [5.41, 5.74) is 0.867. The molecule has 0 radical (unpaired) electrons. The van der Waals surface area contributed by atoms with Crippen molar-refractivity contribution in [3.05, 3.63) is 41.1 Å². The Labute approximate surface area is 142 Å². The van der Waals surface area contributed by atoms with Gasteiger partial charge in [0.1, 0.15) is 11.1 Å². The molecule has 0 spiro atoms. The molecule has 1 fully saturated rings. The first kappa shape index (κ1) is 16.5. The van der Waals surface area contributed by atoms with Gasteiger partial charge in [0, 0.05) is 17.5 Å². The lowest BCUT2D eigenvalue weighted by Gasteiger charge is -2.43. The number of benzene rings is 1. The minimum Gasteiger partial charge on any atom is -0.477 e. The Morgan fingerprint density at radius 3 is 2.67 bits per heavy atom. The molecule has 0 saturated carbocycles. The lowest BCUT2D eigenvalue weighted by atomic mass is 9.92. The molecule has 0 aliphatic carbocycles. The Morgan fingerprint density at radius 2 is 2.08 bits per heavy atom. The number of carboxylic acid groups (broad SMARTS) is 1. The van der Waals surface area contributed by atoms with E-state index in [1.807, 2.05) is 0 Å². The maximum Gasteiger partial charge on any atom is 0.353 e. The number of thioether (sulfide) groups is 1. The summed E-state index contributed by atoms with van der Waals surface area (Å²) in [5, 5.41) is 21.4. The van der Waals surface area contributed by atoms with Crippen LogP contribution in [0, 0.1) is 5.92 Å². The number of fused-ring (bicyclic) bond motifs is 1. The predicted molar refractivity (Wildman–Crippen MR) is 87.8 cm³/mol. The lowest BCUT2D eigenvalue weighted by Crippen LogP contribution is -2.60. The van der Waals surface area contributed by atoms with Crippen LogP contribution >= 0.6 is 11.8 Å². The summed E-state index contributed by atoms with van der Waals surface area (Å²) in [7, 11) is 1.51. The average molecular weight is 348 g/mol. The molecule has 1 aromatic carbocycles. The standard InChI is InChI=1S/C16H16N2O5S/c1-7(19)10-14(21)18-11(16(22)23)12(24-15(10)18)8-4-3-5-9(6-8)13(20)17-2/h3-7,10,15,19H,1-2H3,(H,17,20)(H,22,23)/t7-,10+,15-/m1/s1. The number of nitrogens with one attached hydrogen (secondary N) is 1. The number of rotatable bonds is 4. The van der Waals surface area contributed by atoms with E-state index in [1.165, 1.54) is 30.6 Å². The van der Waals surface area contributed by atoms with Crippen LogP contribution < -0.4 is 5.32 Å². The van der Waals surface area contributed by atoms with E-state index in [2.05, 4.69) is 5.32 Å². The second kappa shape index (κ2) is 5.95. The third-order valence-corrected chi connectivity index (χ3v) is 5.53. The largest absolute Gasteiger partial charge is 0.477 e. The van der Waals surface area contributed by atoms with Crippen LogP contribution in [0.4, 0.5) is 0 Å². The molecule has 2 amide bonds. The van der Waals surface area contributed by atoms with Crippen molar-refractivity contribution < 1.29 is 24.6 Å². The fourth-order valence-corrected chi connectivity index (χ4v) is 4.54. The highest BCUT2D eigenvalue weighted by molar-refractivity contribution is 8.09. The quantitative estimate of drug-likeness (QED) is 0.692. The Hall–Kier alpha value is -2.32. The van der Waals surface area contributed by atoms with E-state index in [4.69, 9.17) is 0 Å². The summed E-state index contributed by atoms with van der Waals surface area (Å²) in [6.07, 6.45) is -0.849. The number of carbonyl (C=O) groups excluding carboxylic acids is 2. The Bertz CT molecular complexity index is 773. The zero-order valence-corrected chi connectivity index (χ0v) is 13.8. The normalized spacial score (nSPS) is 23.6. The van der Waals surface area contributed by atoms with E-state index in [0.29, 0.717) is 16.0 Å². The minimum absolute atomic E-state index is 0.0963. The zero-order valence-electron chi connectivity index (χ0n) is 13.0. The van der Waals surface area contributed by atoms with Crippen LogP contribution in [0.15, 0.2) is 30.0 Å². The maximum atomic E-state index is 12.2. The molecule has 126 valence electrons. The number of hydrogen-bond acceptors (Lipinski definition) is 5. The van der Waals surface area contributed by atoms with Crippen molar-refractivity contribution in [3.63, 3.8) is 0 Å². The number of aliphatic carboxylic acids is 1. The summed E-state index contributed by atoms with van der Waals surface area (Å²) < 4.78 is 0. The highest BCUT2D eigenvalue weighted by atomic mass is 32.2. The van der Waals surface area contributed by atoms with Crippen LogP contribution in [0.25, 0.3) is 4.91 Å². The van der Waals surface area contributed by atoms with Crippen molar-refractivity contribution in [2.24, 2.45) is 5.92 Å². The van der Waals surface area contributed by atoms with Crippen LogP contribution in [0.5, 0.6) is 0 Å². The summed E-state index contributed by atoms with van der Waals surface area (Å²) in [4.78, 5) is 37.3. The van der Waals surface area contributed by atoms with Crippen LogP contribution in [0.1, 0.15) is 22.8 Å². The molecule has 3 N–H and O–H groups in total. The van der Waals surface area contributed by atoms with Gasteiger partial charge in [-0.15, -0.1) is 0 Å². The zero-order chi connectivity index (χ0) is 17.6. The molecule has 7 nitrogen and oxygen atoms in total. The maximum absolute atomic E-state index is 12.2. The van der Waals surface area contributed by atoms with Gasteiger partial charge in [0.2, 0.25) is 5.91 Å². The molecule has 3 atom stereocenters. The van der Waals surface area contributed by atoms with Gasteiger partial charge in [-0.05, 0) is 24.6 Å². The fourth-order valence-electron chi connectivity index (χ4n) is 2.93. The second-order valence-electron chi connectivity index (χ2n) is 5.63. The summed E-state index contributed by atoms with van der Waals surface area (Å²) in [6.45, 7) is 1.52. The predicted octanol–water partition coefficient (Wildman–Crippen LogP) is 0.711. The van der Waals surface area contributed by atoms with Gasteiger partial charge in [-0.25, -0.2) is 4.79 Å². The molecule has 2 aliphatic rings. The molecule has 24 heavy (non-hydrogen) atoms. The van der Waals surface area contributed by atoms with Crippen LogP contribution in [0.3, 0.4) is 0 Å². The van der Waals surface area contributed by atoms with E-state index in [9.17, 15) is 24.6 Å². The fraction of sp³-hybridized carbons (Fsp3) is 0.312. The number of β-lactam (4-membered cyclic amide) rings is 1. The topological polar surface area (TPSA) is 107 Å². The molecule has 1 aromatic rings. The first-order chi connectivity index (χ1) is 11.4. The van der Waals surface area contributed by atoms with Crippen molar-refractivity contribution in [2.75, 3.05) is 7.05 Å². The molecule has 0 bridgehead atoms. The van der Waals surface area contributed by atoms with Gasteiger partial charge in [-0.1, -0.05) is 23.9 Å². The van der Waals surface area contributed by atoms with Gasteiger partial charge in [-0.2, -0.15) is 0 Å². The van der Waals surface area contributed by atoms with E-state index in [0.717, 1.165) is 0 Å². The van der Waals surface area contributed by atoms with E-state index >= 15 is 0 Å². The van der Waals surface area contributed by atoms with Crippen LogP contribution in [0.2, 0.25) is 0 Å². The molecular formula is C16H16N2O5S. The van der Waals surface area contributed by atoms with Gasteiger partial charge in [0.15, 0.2) is 0 Å². The lowest BCUT2D eigenvalue weighted by molar-refractivity contribution is -0.156. The smallest absolute Gasteiger partial charge is 0.353 e. The minimum atomic E-state index is -1.21. The van der Waals surface area contributed by atoms with Crippen LogP contribution in [-0.2, 0) is 9.59 Å². The van der Waals surface area contributed by atoms with Gasteiger partial charge < -0.3 is 15.5 Å². The summed E-state index contributed by atoms with van der Waals surface area (Å²) in [5.74, 6) is -2.50. The molecule has 3 rings (SSSR count). The number of hydrogen-bond donors (Lipinski definition) is 3. The second-order valence-corrected chi connectivity index (χ2v) is 6.75. The molecule has 1 saturated heterocycles. The molecule has 8 heteroatoms. The number of aliphatic hydroxyl groups is 1. The number of nitrogens with zero attached hydrogens (tertiary/aromatic N) is 1. The number of carboxylic acids is 1. The van der Waals surface area contributed by atoms with E-state index in [1.54, 1.807) is 24.3 Å². The molecule has 0 unspecified atom stereocenters. The number of carbonyl (C=O) groups is 3. The van der Waals surface area contributed by atoms with Gasteiger partial charge >= 0.3 is 5.97 Å². The number of amides is 2. The molecule has 0 aromatic heterocycles. The Kier molecular flexibility index (Phi) is 4.10. The van der Waals surface area contributed by atoms with Crippen molar-refractivity contribution >= 4 is 34.5 Å². The SMILES string of the molecule is CNC(=O)c1cccc(C2=C(C(=O)O)N3C(=O)[C@H]([C@@H](C)O)[C@H]3S2)c1. The van der Waals surface area contributed by atoms with Crippen molar-refractivity contribution in [1.29, 1.82) is 0 Å². The van der Waals surface area contributed by atoms with E-state index < -0.39 is 29.3 Å². The van der Waals surface area contributed by atoms with Gasteiger partial charge in [0.25, 0.3) is 5.91 Å². The monoisotopic (exact) mass is 348 g/mol. The average Bonchev–Trinajstić information content (AvgIpc) is 2.89. The molecule has 2 aliphatic heterocycles. The van der Waals surface area contributed by atoms with Crippen molar-refractivity contribution in [2.45, 2.75) is 18.4 Å². The third-order valence-electron chi connectivity index (χ3n) is 4.12. The highest BCUT2D eigenvalue weighted by Crippen LogP contribution is 2.53. The summed E-state index contributed by atoms with van der Waals surface area (Å²) in [6, 6.07) is 6.58. The Morgan fingerprint density at radius 1 is 1.38 bits per heavy atom. The first-order valence-corrected chi connectivity index (χ1v) is 8.22. The van der Waals surface area contributed by atoms with Gasteiger partial charge in [-0.3, -0.25) is 14.5 Å².